The summed E-state index contributed by atoms with van der Waals surface area (Å²) in [4.78, 5) is 18.6. The number of para-hydroxylation sites is 2. The van der Waals surface area contributed by atoms with E-state index in [0.717, 1.165) is 72.4 Å². The largest absolute Gasteiger partial charge is 0.309 e. The van der Waals surface area contributed by atoms with Gasteiger partial charge in [0.15, 0.2) is 11.5 Å². The van der Waals surface area contributed by atoms with Crippen LogP contribution in [-0.2, 0) is 0 Å². The normalized spacial score (nSPS) is 11.4. The van der Waals surface area contributed by atoms with Crippen molar-refractivity contribution in [2.45, 2.75) is 0 Å². The summed E-state index contributed by atoms with van der Waals surface area (Å²) in [6.45, 7) is 7.54. The van der Waals surface area contributed by atoms with Crippen LogP contribution < -0.4 is 0 Å². The fourth-order valence-corrected chi connectivity index (χ4v) is 7.47. The van der Waals surface area contributed by atoms with E-state index in [-0.39, 0.29) is 0 Å². The lowest BCUT2D eigenvalue weighted by atomic mass is 10.1. The molecule has 0 N–H and O–H groups in total. The Balaban J connectivity index is 1.19. The molecule has 0 spiro atoms. The second-order valence-corrected chi connectivity index (χ2v) is 12.8. The van der Waals surface area contributed by atoms with Gasteiger partial charge in [0.25, 0.3) is 0 Å². The molecule has 0 unspecified atom stereocenters. The van der Waals surface area contributed by atoms with Crippen LogP contribution in [-0.4, -0.2) is 24.1 Å². The Morgan fingerprint density at radius 3 is 1.94 bits per heavy atom. The van der Waals surface area contributed by atoms with E-state index in [1.807, 2.05) is 54.7 Å². The molecule has 0 saturated carbocycles. The molecule has 0 bridgehead atoms. The number of benzene rings is 6. The van der Waals surface area contributed by atoms with Crippen molar-refractivity contribution in [3.8, 4) is 45.3 Å². The van der Waals surface area contributed by atoms with E-state index in [4.69, 9.17) is 21.5 Å². The maximum absolute atomic E-state index is 7.54. The highest BCUT2D eigenvalue weighted by molar-refractivity contribution is 6.25. The number of nitrogens with zero attached hydrogens (tertiary/aromatic N) is 6. The van der Waals surface area contributed by atoms with Crippen molar-refractivity contribution in [2.24, 2.45) is 0 Å². The molecular formula is C46H28N6. The van der Waals surface area contributed by atoms with Gasteiger partial charge in [0, 0.05) is 55.8 Å². The average molecular weight is 665 g/mol. The van der Waals surface area contributed by atoms with Gasteiger partial charge in [0.2, 0.25) is 0 Å². The molecule has 10 rings (SSSR count). The second-order valence-electron chi connectivity index (χ2n) is 12.8. The Morgan fingerprint density at radius 1 is 0.481 bits per heavy atom. The van der Waals surface area contributed by atoms with Crippen molar-refractivity contribution < 1.29 is 0 Å². The van der Waals surface area contributed by atoms with Crippen LogP contribution >= 0.6 is 0 Å². The first-order valence-electron chi connectivity index (χ1n) is 17.1. The number of hydrogen-bond acceptors (Lipinski definition) is 3. The van der Waals surface area contributed by atoms with Gasteiger partial charge in [0.1, 0.15) is 5.65 Å². The minimum absolute atomic E-state index is 0.554. The standard InChI is InChI=1S/C46H28N6/c1-47-33-15-10-14-32(28-33)45-49-39(30-12-4-2-5-13-30)29-40(50-45)31-21-23-35(24-22-31)52-44-36(37-19-11-27-48-46(37)52)25-26-42-43(44)38-18-8-9-20-41(38)51(42)34-16-6-3-7-17-34/h2-29H. The van der Waals surface area contributed by atoms with E-state index in [9.17, 15) is 0 Å². The molecule has 6 heteroatoms. The molecule has 0 radical (unpaired) electrons. The Hall–Kier alpha value is -7.36. The van der Waals surface area contributed by atoms with E-state index in [1.165, 1.54) is 10.8 Å². The van der Waals surface area contributed by atoms with Crippen molar-refractivity contribution in [1.29, 1.82) is 0 Å². The van der Waals surface area contributed by atoms with E-state index in [1.54, 1.807) is 6.07 Å². The number of rotatable bonds is 5. The minimum Gasteiger partial charge on any atom is -0.309 e. The molecule has 52 heavy (non-hydrogen) atoms. The number of fused-ring (bicyclic) bond motifs is 7. The Labute approximate surface area is 299 Å². The molecule has 4 heterocycles. The van der Waals surface area contributed by atoms with Gasteiger partial charge in [-0.3, -0.25) is 4.57 Å². The summed E-state index contributed by atoms with van der Waals surface area (Å²) >= 11 is 0. The number of hydrogen-bond donors (Lipinski definition) is 0. The van der Waals surface area contributed by atoms with Gasteiger partial charge in [0.05, 0.1) is 34.5 Å². The van der Waals surface area contributed by atoms with Crippen LogP contribution in [0.5, 0.6) is 0 Å². The highest BCUT2D eigenvalue weighted by Gasteiger charge is 2.21. The molecule has 0 atom stereocenters. The fourth-order valence-electron chi connectivity index (χ4n) is 7.47. The van der Waals surface area contributed by atoms with Crippen LogP contribution in [0.2, 0.25) is 0 Å². The topological polar surface area (TPSA) is 52.9 Å². The van der Waals surface area contributed by atoms with Gasteiger partial charge < -0.3 is 4.57 Å². The van der Waals surface area contributed by atoms with Gasteiger partial charge in [-0.05, 0) is 60.7 Å². The molecule has 242 valence electrons. The third kappa shape index (κ3) is 4.68. The van der Waals surface area contributed by atoms with E-state index >= 15 is 0 Å². The minimum atomic E-state index is 0.554. The van der Waals surface area contributed by atoms with Crippen LogP contribution in [0.25, 0.3) is 93.9 Å². The van der Waals surface area contributed by atoms with Crippen molar-refractivity contribution >= 4 is 49.4 Å². The van der Waals surface area contributed by atoms with Crippen LogP contribution in [0.15, 0.2) is 170 Å². The second kappa shape index (κ2) is 11.9. The smallest absolute Gasteiger partial charge is 0.187 e. The summed E-state index contributed by atoms with van der Waals surface area (Å²) in [6, 6.07) is 56.1. The van der Waals surface area contributed by atoms with Gasteiger partial charge in [-0.25, -0.2) is 19.8 Å². The average Bonchev–Trinajstić information content (AvgIpc) is 3.74. The van der Waals surface area contributed by atoms with Gasteiger partial charge in [-0.1, -0.05) is 103 Å². The molecule has 6 nitrogen and oxygen atoms in total. The lowest BCUT2D eigenvalue weighted by Gasteiger charge is -2.12. The highest BCUT2D eigenvalue weighted by Crippen LogP contribution is 2.41. The van der Waals surface area contributed by atoms with Gasteiger partial charge >= 0.3 is 0 Å². The van der Waals surface area contributed by atoms with Gasteiger partial charge in [-0.15, -0.1) is 0 Å². The number of aromatic nitrogens is 5. The monoisotopic (exact) mass is 664 g/mol. The fraction of sp³-hybridized carbons (Fsp3) is 0. The van der Waals surface area contributed by atoms with Crippen molar-refractivity contribution in [1.82, 2.24) is 24.1 Å². The first kappa shape index (κ1) is 29.5. The van der Waals surface area contributed by atoms with E-state index < -0.39 is 0 Å². The van der Waals surface area contributed by atoms with Crippen molar-refractivity contribution in [3.05, 3.63) is 181 Å². The van der Waals surface area contributed by atoms with E-state index in [2.05, 4.69) is 123 Å². The molecule has 0 amide bonds. The SMILES string of the molecule is [C-]#[N+]c1cccc(-c2nc(-c3ccccc3)cc(-c3ccc(-n4c5ncccc5c5ccc6c(c7ccccc7n6-c6ccccc6)c54)cc3)n2)c1. The first-order valence-corrected chi connectivity index (χ1v) is 17.1. The molecule has 0 saturated heterocycles. The Morgan fingerprint density at radius 2 is 1.15 bits per heavy atom. The predicted octanol–water partition coefficient (Wildman–Crippen LogP) is 11.6. The number of pyridine rings is 1. The molecule has 0 fully saturated rings. The molecular weight excluding hydrogens is 637 g/mol. The Kier molecular flexibility index (Phi) is 6.76. The van der Waals surface area contributed by atoms with Crippen LogP contribution in [0.4, 0.5) is 5.69 Å². The quantitative estimate of drug-likeness (QED) is 0.172. The summed E-state index contributed by atoms with van der Waals surface area (Å²) in [6.07, 6.45) is 1.87. The third-order valence-corrected chi connectivity index (χ3v) is 9.79. The molecule has 0 aliphatic heterocycles. The molecule has 0 aliphatic rings. The zero-order valence-electron chi connectivity index (χ0n) is 27.8. The first-order chi connectivity index (χ1) is 25.7. The third-order valence-electron chi connectivity index (χ3n) is 9.79. The van der Waals surface area contributed by atoms with Crippen LogP contribution in [0.3, 0.4) is 0 Å². The molecule has 4 aromatic heterocycles. The summed E-state index contributed by atoms with van der Waals surface area (Å²) < 4.78 is 4.66. The van der Waals surface area contributed by atoms with Crippen molar-refractivity contribution in [2.75, 3.05) is 0 Å². The predicted molar refractivity (Wildman–Crippen MR) is 211 cm³/mol. The van der Waals surface area contributed by atoms with Crippen LogP contribution in [0, 0.1) is 6.57 Å². The zero-order valence-corrected chi connectivity index (χ0v) is 27.8. The molecule has 6 aromatic carbocycles. The summed E-state index contributed by atoms with van der Waals surface area (Å²) in [5.74, 6) is 0.578. The summed E-state index contributed by atoms with van der Waals surface area (Å²) in [7, 11) is 0. The van der Waals surface area contributed by atoms with Gasteiger partial charge in [-0.2, -0.15) is 0 Å². The zero-order chi connectivity index (χ0) is 34.6. The maximum atomic E-state index is 7.54. The molecule has 0 aliphatic carbocycles. The lowest BCUT2D eigenvalue weighted by molar-refractivity contribution is 1.14. The Bertz CT molecular complexity index is 3010. The highest BCUT2D eigenvalue weighted by atomic mass is 15.1. The summed E-state index contributed by atoms with van der Waals surface area (Å²) in [5.41, 5.74) is 11.4. The van der Waals surface area contributed by atoms with Crippen molar-refractivity contribution in [3.63, 3.8) is 0 Å². The lowest BCUT2D eigenvalue weighted by Crippen LogP contribution is -1.98. The van der Waals surface area contributed by atoms with E-state index in [0.29, 0.717) is 11.5 Å². The summed E-state index contributed by atoms with van der Waals surface area (Å²) in [5, 5.41) is 4.64. The maximum Gasteiger partial charge on any atom is 0.187 e. The molecule has 10 aromatic rings. The van der Waals surface area contributed by atoms with Crippen LogP contribution in [0.1, 0.15) is 0 Å².